The molecule has 0 unspecified atom stereocenters. The highest BCUT2D eigenvalue weighted by molar-refractivity contribution is 9.10. The number of benzene rings is 2. The van der Waals surface area contributed by atoms with E-state index in [0.29, 0.717) is 6.61 Å². The first kappa shape index (κ1) is 14.3. The summed E-state index contributed by atoms with van der Waals surface area (Å²) in [5.41, 5.74) is 1.10. The molecule has 0 aliphatic rings. The third kappa shape index (κ3) is 4.48. The molecule has 0 spiro atoms. The molecule has 0 aliphatic carbocycles. The van der Waals surface area contributed by atoms with Crippen molar-refractivity contribution in [2.24, 2.45) is 0 Å². The number of halogens is 1. The number of para-hydroxylation sites is 1. The highest BCUT2D eigenvalue weighted by Gasteiger charge is 2.00. The van der Waals surface area contributed by atoms with Crippen molar-refractivity contribution < 1.29 is 4.74 Å². The summed E-state index contributed by atoms with van der Waals surface area (Å²) in [4.78, 5) is 1.17. The van der Waals surface area contributed by atoms with Crippen molar-refractivity contribution in [2.45, 2.75) is 4.90 Å². The summed E-state index contributed by atoms with van der Waals surface area (Å²) >= 11 is 5.12. The minimum absolute atomic E-state index is 0.646. The summed E-state index contributed by atoms with van der Waals surface area (Å²) < 4.78 is 6.87. The van der Waals surface area contributed by atoms with Crippen LogP contribution >= 0.6 is 27.7 Å². The van der Waals surface area contributed by atoms with Gasteiger partial charge in [0, 0.05) is 21.6 Å². The number of rotatable bonds is 6. The van der Waals surface area contributed by atoms with E-state index in [-0.39, 0.29) is 0 Å². The second kappa shape index (κ2) is 7.46. The van der Waals surface area contributed by atoms with Gasteiger partial charge in [0.1, 0.15) is 12.4 Å². The number of hydrogen-bond acceptors (Lipinski definition) is 3. The lowest BCUT2D eigenvalue weighted by molar-refractivity contribution is 0.325. The Labute approximate surface area is 126 Å². The molecular weight excluding hydrogens is 322 g/mol. The van der Waals surface area contributed by atoms with E-state index in [0.717, 1.165) is 22.5 Å². The zero-order valence-corrected chi connectivity index (χ0v) is 13.1. The second-order valence-electron chi connectivity index (χ2n) is 3.93. The SMILES string of the molecule is CSc1ccccc1OCCNc1ccc(Br)cc1. The average Bonchev–Trinajstić information content (AvgIpc) is 2.46. The molecule has 0 fully saturated rings. The van der Waals surface area contributed by atoms with Gasteiger partial charge in [-0.15, -0.1) is 11.8 Å². The first-order valence-electron chi connectivity index (χ1n) is 6.05. The predicted octanol–water partition coefficient (Wildman–Crippen LogP) is 4.66. The van der Waals surface area contributed by atoms with E-state index < -0.39 is 0 Å². The number of hydrogen-bond donors (Lipinski definition) is 1. The van der Waals surface area contributed by atoms with E-state index in [4.69, 9.17) is 4.74 Å². The third-order valence-corrected chi connectivity index (χ3v) is 3.91. The van der Waals surface area contributed by atoms with Gasteiger partial charge in [-0.2, -0.15) is 0 Å². The van der Waals surface area contributed by atoms with Crippen LogP contribution in [-0.2, 0) is 0 Å². The zero-order chi connectivity index (χ0) is 13.5. The van der Waals surface area contributed by atoms with Crippen molar-refractivity contribution >= 4 is 33.4 Å². The molecule has 1 N–H and O–H groups in total. The van der Waals surface area contributed by atoms with Crippen molar-refractivity contribution in [1.82, 2.24) is 0 Å². The fourth-order valence-electron chi connectivity index (χ4n) is 1.66. The molecule has 0 aliphatic heterocycles. The first-order valence-corrected chi connectivity index (χ1v) is 8.06. The van der Waals surface area contributed by atoms with Gasteiger partial charge in [-0.3, -0.25) is 0 Å². The van der Waals surface area contributed by atoms with Gasteiger partial charge >= 0.3 is 0 Å². The van der Waals surface area contributed by atoms with E-state index in [9.17, 15) is 0 Å². The van der Waals surface area contributed by atoms with Crippen LogP contribution in [0.15, 0.2) is 57.9 Å². The second-order valence-corrected chi connectivity index (χ2v) is 5.70. The van der Waals surface area contributed by atoms with Crippen molar-refractivity contribution in [1.29, 1.82) is 0 Å². The van der Waals surface area contributed by atoms with Gasteiger partial charge in [-0.1, -0.05) is 28.1 Å². The molecule has 2 aromatic rings. The Hall–Kier alpha value is -1.13. The minimum atomic E-state index is 0.646. The van der Waals surface area contributed by atoms with Gasteiger partial charge in [0.05, 0.1) is 0 Å². The molecule has 2 aromatic carbocycles. The zero-order valence-electron chi connectivity index (χ0n) is 10.7. The summed E-state index contributed by atoms with van der Waals surface area (Å²) in [6.07, 6.45) is 2.06. The van der Waals surface area contributed by atoms with Gasteiger partial charge in [0.2, 0.25) is 0 Å². The predicted molar refractivity (Wildman–Crippen MR) is 86.3 cm³/mol. The number of nitrogens with one attached hydrogen (secondary N) is 1. The van der Waals surface area contributed by atoms with Crippen molar-refractivity contribution in [3.63, 3.8) is 0 Å². The maximum atomic E-state index is 5.78. The van der Waals surface area contributed by atoms with Gasteiger partial charge in [-0.25, -0.2) is 0 Å². The molecule has 19 heavy (non-hydrogen) atoms. The Kier molecular flexibility index (Phi) is 5.61. The number of thioether (sulfide) groups is 1. The average molecular weight is 338 g/mol. The molecule has 0 saturated carbocycles. The van der Waals surface area contributed by atoms with E-state index in [1.54, 1.807) is 11.8 Å². The third-order valence-electron chi connectivity index (χ3n) is 2.60. The van der Waals surface area contributed by atoms with Gasteiger partial charge in [-0.05, 0) is 42.7 Å². The largest absolute Gasteiger partial charge is 0.491 e. The molecule has 0 aromatic heterocycles. The Balaban J connectivity index is 1.79. The van der Waals surface area contributed by atoms with Crippen LogP contribution in [-0.4, -0.2) is 19.4 Å². The molecule has 4 heteroatoms. The lowest BCUT2D eigenvalue weighted by Gasteiger charge is -2.11. The fraction of sp³-hybridized carbons (Fsp3) is 0.200. The van der Waals surface area contributed by atoms with E-state index in [1.165, 1.54) is 4.90 Å². The molecule has 0 bridgehead atoms. The quantitative estimate of drug-likeness (QED) is 0.611. The van der Waals surface area contributed by atoms with Gasteiger partial charge in [0.15, 0.2) is 0 Å². The highest BCUT2D eigenvalue weighted by atomic mass is 79.9. The van der Waals surface area contributed by atoms with Gasteiger partial charge < -0.3 is 10.1 Å². The Morgan fingerprint density at radius 1 is 1.11 bits per heavy atom. The normalized spacial score (nSPS) is 10.2. The van der Waals surface area contributed by atoms with Crippen LogP contribution in [0.25, 0.3) is 0 Å². The van der Waals surface area contributed by atoms with Crippen LogP contribution in [0, 0.1) is 0 Å². The summed E-state index contributed by atoms with van der Waals surface area (Å²) in [6, 6.07) is 16.2. The lowest BCUT2D eigenvalue weighted by Crippen LogP contribution is -2.11. The smallest absolute Gasteiger partial charge is 0.132 e. The summed E-state index contributed by atoms with van der Waals surface area (Å²) in [6.45, 7) is 1.43. The first-order chi connectivity index (χ1) is 9.29. The van der Waals surface area contributed by atoms with Crippen LogP contribution in [0.1, 0.15) is 0 Å². The maximum absolute atomic E-state index is 5.78. The minimum Gasteiger partial charge on any atom is -0.491 e. The molecule has 2 nitrogen and oxygen atoms in total. The van der Waals surface area contributed by atoms with Gasteiger partial charge in [0.25, 0.3) is 0 Å². The molecule has 0 radical (unpaired) electrons. The van der Waals surface area contributed by atoms with Crippen molar-refractivity contribution in [2.75, 3.05) is 24.7 Å². The van der Waals surface area contributed by atoms with Crippen LogP contribution in [0.2, 0.25) is 0 Å². The standard InChI is InChI=1S/C15H16BrNOS/c1-19-15-5-3-2-4-14(15)18-11-10-17-13-8-6-12(16)7-9-13/h2-9,17H,10-11H2,1H3. The Bertz CT molecular complexity index is 516. The van der Waals surface area contributed by atoms with Crippen molar-refractivity contribution in [3.05, 3.63) is 53.0 Å². The molecule has 2 rings (SSSR count). The highest BCUT2D eigenvalue weighted by Crippen LogP contribution is 2.26. The van der Waals surface area contributed by atoms with Crippen LogP contribution in [0.5, 0.6) is 5.75 Å². The monoisotopic (exact) mass is 337 g/mol. The summed E-state index contributed by atoms with van der Waals surface area (Å²) in [7, 11) is 0. The van der Waals surface area contributed by atoms with E-state index >= 15 is 0 Å². The molecule has 0 saturated heterocycles. The number of ether oxygens (including phenoxy) is 1. The van der Waals surface area contributed by atoms with Crippen LogP contribution in [0.3, 0.4) is 0 Å². The Morgan fingerprint density at radius 2 is 1.84 bits per heavy atom. The molecule has 0 heterocycles. The van der Waals surface area contributed by atoms with Crippen LogP contribution in [0.4, 0.5) is 5.69 Å². The lowest BCUT2D eigenvalue weighted by atomic mass is 10.3. The summed E-state index contributed by atoms with van der Waals surface area (Å²) in [5, 5.41) is 3.33. The Morgan fingerprint density at radius 3 is 2.58 bits per heavy atom. The topological polar surface area (TPSA) is 21.3 Å². The molecular formula is C15H16BrNOS. The van der Waals surface area contributed by atoms with E-state index in [2.05, 4.69) is 33.6 Å². The maximum Gasteiger partial charge on any atom is 0.132 e. The number of anilines is 1. The van der Waals surface area contributed by atoms with Crippen LogP contribution < -0.4 is 10.1 Å². The van der Waals surface area contributed by atoms with Crippen molar-refractivity contribution in [3.8, 4) is 5.75 Å². The summed E-state index contributed by atoms with van der Waals surface area (Å²) in [5.74, 6) is 0.951. The van der Waals surface area contributed by atoms with E-state index in [1.807, 2.05) is 42.5 Å². The molecule has 0 amide bonds. The fourth-order valence-corrected chi connectivity index (χ4v) is 2.47. The molecule has 0 atom stereocenters. The molecule has 100 valence electrons.